The van der Waals surface area contributed by atoms with Crippen molar-refractivity contribution in [2.24, 2.45) is 5.92 Å². The maximum atomic E-state index is 13.7. The third kappa shape index (κ3) is 7.45. The van der Waals surface area contributed by atoms with Gasteiger partial charge in [0.05, 0.1) is 19.0 Å². The van der Waals surface area contributed by atoms with E-state index in [-0.39, 0.29) is 18.2 Å². The molecule has 2 aromatic carbocycles. The molecule has 38 heavy (non-hydrogen) atoms. The second kappa shape index (κ2) is 13.1. The minimum atomic E-state index is -1.25. The van der Waals surface area contributed by atoms with Crippen LogP contribution in [0.1, 0.15) is 36.3 Å². The molecule has 0 bridgehead atoms. The summed E-state index contributed by atoms with van der Waals surface area (Å²) < 4.78 is 0. The Morgan fingerprint density at radius 2 is 1.66 bits per heavy atom. The lowest BCUT2D eigenvalue weighted by atomic mass is 10.0. The van der Waals surface area contributed by atoms with E-state index in [4.69, 9.17) is 5.11 Å². The van der Waals surface area contributed by atoms with E-state index in [9.17, 15) is 24.0 Å². The molecule has 10 heteroatoms. The number of hydrogen-bond acceptors (Lipinski definition) is 6. The highest BCUT2D eigenvalue weighted by Gasteiger charge is 2.31. The van der Waals surface area contributed by atoms with E-state index in [1.165, 1.54) is 11.1 Å². The van der Waals surface area contributed by atoms with Gasteiger partial charge in [-0.2, -0.15) is 0 Å². The number of carboxylic acid groups (broad SMARTS) is 1. The van der Waals surface area contributed by atoms with E-state index >= 15 is 0 Å². The minimum absolute atomic E-state index is 0.0589. The van der Waals surface area contributed by atoms with Gasteiger partial charge in [-0.25, -0.2) is 0 Å². The standard InChI is InChI=1S/C28H30N4O6/c1-18(2)25(31-27(37)26-22-11-7-6-10-20(22)12-13-29-26)28(38)32(15-19-8-4-3-5-9-19)16-23(34)30-21(17-33)14-24(35)36/h3-13,17-18,21,25H,14-16H2,1-2H3,(H,30,34)(H,31,37)(H,35,36)/t21?,25-/m0/s1. The molecule has 0 saturated heterocycles. The molecule has 3 aromatic rings. The van der Waals surface area contributed by atoms with Crippen molar-refractivity contribution in [3.8, 4) is 0 Å². The molecule has 3 amide bonds. The van der Waals surface area contributed by atoms with Gasteiger partial charge in [0.25, 0.3) is 5.91 Å². The molecule has 3 rings (SSSR count). The van der Waals surface area contributed by atoms with Gasteiger partial charge in [-0.15, -0.1) is 0 Å². The van der Waals surface area contributed by atoms with Crippen LogP contribution in [0, 0.1) is 5.92 Å². The average Bonchev–Trinajstić information content (AvgIpc) is 2.90. The molecular formula is C28H30N4O6. The minimum Gasteiger partial charge on any atom is -0.481 e. The number of benzene rings is 2. The molecule has 0 spiro atoms. The van der Waals surface area contributed by atoms with Crippen LogP contribution < -0.4 is 10.6 Å². The highest BCUT2D eigenvalue weighted by Crippen LogP contribution is 2.18. The van der Waals surface area contributed by atoms with E-state index in [1.807, 2.05) is 18.2 Å². The number of amides is 3. The number of nitrogens with zero attached hydrogens (tertiary/aromatic N) is 2. The van der Waals surface area contributed by atoms with Gasteiger partial charge in [-0.3, -0.25) is 24.2 Å². The molecule has 2 atom stereocenters. The first-order valence-corrected chi connectivity index (χ1v) is 12.1. The number of rotatable bonds is 12. The van der Waals surface area contributed by atoms with Gasteiger partial charge in [0, 0.05) is 18.1 Å². The summed E-state index contributed by atoms with van der Waals surface area (Å²) in [6.07, 6.45) is 1.28. The highest BCUT2D eigenvalue weighted by atomic mass is 16.4. The van der Waals surface area contributed by atoms with Gasteiger partial charge in [0.1, 0.15) is 18.0 Å². The number of aromatic nitrogens is 1. The van der Waals surface area contributed by atoms with Crippen LogP contribution in [0.4, 0.5) is 0 Å². The summed E-state index contributed by atoms with van der Waals surface area (Å²) in [5, 5.41) is 15.5. The number of fused-ring (bicyclic) bond motifs is 1. The SMILES string of the molecule is CC(C)[C@H](NC(=O)c1nccc2ccccc12)C(=O)N(CC(=O)NC(C=O)CC(=O)O)Cc1ccccc1. The Bertz CT molecular complexity index is 1310. The molecule has 0 aliphatic heterocycles. The lowest BCUT2D eigenvalue weighted by Gasteiger charge is -2.30. The van der Waals surface area contributed by atoms with Crippen molar-refractivity contribution >= 4 is 40.7 Å². The third-order valence-corrected chi connectivity index (χ3v) is 5.88. The number of nitrogens with one attached hydrogen (secondary N) is 2. The third-order valence-electron chi connectivity index (χ3n) is 5.88. The van der Waals surface area contributed by atoms with Crippen molar-refractivity contribution in [1.82, 2.24) is 20.5 Å². The van der Waals surface area contributed by atoms with Crippen molar-refractivity contribution in [3.05, 3.63) is 78.1 Å². The Labute approximate surface area is 220 Å². The molecular weight excluding hydrogens is 488 g/mol. The fourth-order valence-corrected chi connectivity index (χ4v) is 3.98. The summed E-state index contributed by atoms with van der Waals surface area (Å²) in [5.74, 6) is -3.31. The predicted octanol–water partition coefficient (Wildman–Crippen LogP) is 2.18. The Kier molecular flexibility index (Phi) is 9.64. The van der Waals surface area contributed by atoms with Crippen LogP contribution in [0.3, 0.4) is 0 Å². The number of carbonyl (C=O) groups excluding carboxylic acids is 4. The van der Waals surface area contributed by atoms with Gasteiger partial charge in [-0.05, 0) is 22.9 Å². The van der Waals surface area contributed by atoms with Crippen LogP contribution in [0.5, 0.6) is 0 Å². The number of carbonyl (C=O) groups is 5. The van der Waals surface area contributed by atoms with E-state index in [0.717, 1.165) is 10.9 Å². The summed E-state index contributed by atoms with van der Waals surface area (Å²) in [6.45, 7) is 3.16. The van der Waals surface area contributed by atoms with E-state index in [1.54, 1.807) is 56.3 Å². The highest BCUT2D eigenvalue weighted by molar-refractivity contribution is 6.06. The fraction of sp³-hybridized carbons (Fsp3) is 0.286. The maximum Gasteiger partial charge on any atom is 0.305 e. The monoisotopic (exact) mass is 518 g/mol. The zero-order valence-corrected chi connectivity index (χ0v) is 21.2. The molecule has 198 valence electrons. The van der Waals surface area contributed by atoms with Crippen LogP contribution in [-0.4, -0.2) is 63.6 Å². The molecule has 0 saturated carbocycles. The zero-order chi connectivity index (χ0) is 27.7. The molecule has 0 aliphatic carbocycles. The Morgan fingerprint density at radius 1 is 0.974 bits per heavy atom. The number of hydrogen-bond donors (Lipinski definition) is 3. The molecule has 0 fully saturated rings. The first kappa shape index (κ1) is 28.0. The predicted molar refractivity (Wildman–Crippen MR) is 140 cm³/mol. The van der Waals surface area contributed by atoms with E-state index in [2.05, 4.69) is 15.6 Å². The lowest BCUT2D eigenvalue weighted by molar-refractivity contribution is -0.141. The normalized spacial score (nSPS) is 12.4. The van der Waals surface area contributed by atoms with Gasteiger partial charge in [0.15, 0.2) is 0 Å². The van der Waals surface area contributed by atoms with Gasteiger partial charge >= 0.3 is 5.97 Å². The smallest absolute Gasteiger partial charge is 0.305 e. The second-order valence-corrected chi connectivity index (χ2v) is 9.16. The second-order valence-electron chi connectivity index (χ2n) is 9.16. The van der Waals surface area contributed by atoms with Crippen LogP contribution in [0.15, 0.2) is 66.9 Å². The van der Waals surface area contributed by atoms with E-state index < -0.39 is 48.7 Å². The first-order valence-electron chi connectivity index (χ1n) is 12.1. The number of carboxylic acids is 1. The average molecular weight is 519 g/mol. The van der Waals surface area contributed by atoms with Crippen molar-refractivity contribution in [1.29, 1.82) is 0 Å². The van der Waals surface area contributed by atoms with Crippen molar-refractivity contribution < 1.29 is 29.1 Å². The Balaban J connectivity index is 1.85. The van der Waals surface area contributed by atoms with Crippen LogP contribution in [0.2, 0.25) is 0 Å². The molecule has 1 unspecified atom stereocenters. The van der Waals surface area contributed by atoms with Crippen molar-refractivity contribution in [2.45, 2.75) is 38.9 Å². The van der Waals surface area contributed by atoms with E-state index in [0.29, 0.717) is 11.7 Å². The fourth-order valence-electron chi connectivity index (χ4n) is 3.98. The van der Waals surface area contributed by atoms with Gasteiger partial charge < -0.3 is 25.4 Å². The Morgan fingerprint density at radius 3 is 2.32 bits per heavy atom. The lowest BCUT2D eigenvalue weighted by Crippen LogP contribution is -2.53. The van der Waals surface area contributed by atoms with Crippen molar-refractivity contribution in [2.75, 3.05) is 6.54 Å². The summed E-state index contributed by atoms with van der Waals surface area (Å²) in [4.78, 5) is 67.4. The molecule has 3 N–H and O–H groups in total. The molecule has 0 radical (unpaired) electrons. The quantitative estimate of drug-likeness (QED) is 0.312. The topological polar surface area (TPSA) is 146 Å². The molecule has 1 aromatic heterocycles. The number of pyridine rings is 1. The summed E-state index contributed by atoms with van der Waals surface area (Å²) in [5.41, 5.74) is 0.923. The van der Waals surface area contributed by atoms with Gasteiger partial charge in [-0.1, -0.05) is 68.4 Å². The van der Waals surface area contributed by atoms with Crippen LogP contribution in [-0.2, 0) is 25.7 Å². The number of aliphatic carboxylic acids is 1. The summed E-state index contributed by atoms with van der Waals surface area (Å²) in [7, 11) is 0. The summed E-state index contributed by atoms with van der Waals surface area (Å²) >= 11 is 0. The Hall–Kier alpha value is -4.60. The molecule has 10 nitrogen and oxygen atoms in total. The zero-order valence-electron chi connectivity index (χ0n) is 21.2. The largest absolute Gasteiger partial charge is 0.481 e. The maximum absolute atomic E-state index is 13.7. The first-order chi connectivity index (χ1) is 18.2. The van der Waals surface area contributed by atoms with Crippen molar-refractivity contribution in [3.63, 3.8) is 0 Å². The number of aldehydes is 1. The van der Waals surface area contributed by atoms with Crippen LogP contribution in [0.25, 0.3) is 10.8 Å². The summed E-state index contributed by atoms with van der Waals surface area (Å²) in [6, 6.07) is 15.8. The van der Waals surface area contributed by atoms with Crippen LogP contribution >= 0.6 is 0 Å². The molecule has 0 aliphatic rings. The van der Waals surface area contributed by atoms with Gasteiger partial charge in [0.2, 0.25) is 11.8 Å². The molecule has 1 heterocycles.